The first kappa shape index (κ1) is 20.4. The summed E-state index contributed by atoms with van der Waals surface area (Å²) in [5.74, 6) is -0.550. The van der Waals surface area contributed by atoms with Gasteiger partial charge in [0.15, 0.2) is 0 Å². The average molecular weight is 371 g/mol. The molecule has 0 aromatic heterocycles. The molecule has 0 radical (unpaired) electrons. The molecule has 0 unspecified atom stereocenters. The molecule has 0 fully saturated rings. The number of amides is 3. The van der Waals surface area contributed by atoms with E-state index in [1.807, 2.05) is 18.2 Å². The Kier molecular flexibility index (Phi) is 6.93. The normalized spacial score (nSPS) is 10.8. The van der Waals surface area contributed by atoms with E-state index in [0.29, 0.717) is 0 Å². The molecule has 3 N–H and O–H groups in total. The monoisotopic (exact) mass is 371 g/mol. The Balaban J connectivity index is 2.02. The van der Waals surface area contributed by atoms with Crippen molar-refractivity contribution in [3.63, 3.8) is 0 Å². The smallest absolute Gasteiger partial charge is 0.319 e. The summed E-state index contributed by atoms with van der Waals surface area (Å²) in [6, 6.07) is 11.3. The Morgan fingerprint density at radius 2 is 1.48 bits per heavy atom. The van der Waals surface area contributed by atoms with Crippen molar-refractivity contribution in [1.82, 2.24) is 5.32 Å². The molecule has 0 atom stereocenters. The molecule has 2 aromatic carbocycles. The van der Waals surface area contributed by atoms with E-state index in [4.69, 9.17) is 0 Å². The summed E-state index contributed by atoms with van der Waals surface area (Å²) in [6.07, 6.45) is 0. The molecule has 0 saturated carbocycles. The van der Waals surface area contributed by atoms with Gasteiger partial charge in [0, 0.05) is 5.69 Å². The molecule has 27 heavy (non-hydrogen) atoms. The van der Waals surface area contributed by atoms with Gasteiger partial charge in [-0.15, -0.1) is 0 Å². The van der Waals surface area contributed by atoms with E-state index in [2.05, 4.69) is 43.6 Å². The third-order valence-electron chi connectivity index (χ3n) is 4.17. The van der Waals surface area contributed by atoms with Crippen molar-refractivity contribution in [2.45, 2.75) is 39.5 Å². The van der Waals surface area contributed by atoms with Crippen LogP contribution in [-0.2, 0) is 4.79 Å². The molecule has 0 bridgehead atoms. The summed E-state index contributed by atoms with van der Waals surface area (Å²) in [6.45, 7) is 7.98. The predicted molar refractivity (Wildman–Crippen MR) is 107 cm³/mol. The number of hydrogen-bond acceptors (Lipinski definition) is 2. The van der Waals surface area contributed by atoms with Crippen LogP contribution in [0.25, 0.3) is 0 Å². The van der Waals surface area contributed by atoms with Crippen molar-refractivity contribution >= 4 is 23.3 Å². The number of hydrogen-bond donors (Lipinski definition) is 3. The maximum absolute atomic E-state index is 13.6. The molecule has 0 heterocycles. The highest BCUT2D eigenvalue weighted by Gasteiger charge is 2.16. The number of carbonyl (C=O) groups is 2. The van der Waals surface area contributed by atoms with Gasteiger partial charge in [-0.2, -0.15) is 0 Å². The summed E-state index contributed by atoms with van der Waals surface area (Å²) >= 11 is 0. The first-order chi connectivity index (χ1) is 12.8. The molecule has 2 aromatic rings. The summed E-state index contributed by atoms with van der Waals surface area (Å²) < 4.78 is 13.6. The largest absolute Gasteiger partial charge is 0.329 e. The maximum atomic E-state index is 13.6. The third-order valence-corrected chi connectivity index (χ3v) is 4.17. The lowest BCUT2D eigenvalue weighted by molar-refractivity contribution is -0.115. The number of rotatable bonds is 6. The molecule has 0 aliphatic rings. The number of anilines is 2. The van der Waals surface area contributed by atoms with E-state index >= 15 is 0 Å². The Labute approximate surface area is 159 Å². The molecule has 0 saturated heterocycles. The highest BCUT2D eigenvalue weighted by atomic mass is 19.1. The van der Waals surface area contributed by atoms with Crippen molar-refractivity contribution < 1.29 is 14.0 Å². The number of carbonyl (C=O) groups excluding carboxylic acids is 2. The van der Waals surface area contributed by atoms with Crippen LogP contribution in [0, 0.1) is 5.82 Å². The molecule has 0 spiro atoms. The van der Waals surface area contributed by atoms with Gasteiger partial charge in [0.1, 0.15) is 5.82 Å². The second kappa shape index (κ2) is 9.16. The van der Waals surface area contributed by atoms with Crippen molar-refractivity contribution in [3.05, 3.63) is 59.4 Å². The number of benzene rings is 2. The quantitative estimate of drug-likeness (QED) is 0.680. The Hall–Kier alpha value is -2.89. The van der Waals surface area contributed by atoms with Crippen molar-refractivity contribution in [2.75, 3.05) is 17.2 Å². The maximum Gasteiger partial charge on any atom is 0.319 e. The van der Waals surface area contributed by atoms with Crippen LogP contribution in [0.4, 0.5) is 20.6 Å². The first-order valence-corrected chi connectivity index (χ1v) is 9.01. The number of urea groups is 1. The van der Waals surface area contributed by atoms with Crippen molar-refractivity contribution in [3.8, 4) is 0 Å². The van der Waals surface area contributed by atoms with Gasteiger partial charge in [-0.05, 0) is 35.1 Å². The zero-order valence-electron chi connectivity index (χ0n) is 16.1. The van der Waals surface area contributed by atoms with E-state index in [1.54, 1.807) is 6.07 Å². The summed E-state index contributed by atoms with van der Waals surface area (Å²) in [7, 11) is 0. The molecule has 2 rings (SSSR count). The Morgan fingerprint density at radius 3 is 2.04 bits per heavy atom. The van der Waals surface area contributed by atoms with Gasteiger partial charge < -0.3 is 16.0 Å². The van der Waals surface area contributed by atoms with Gasteiger partial charge in [-0.1, -0.05) is 58.0 Å². The Bertz CT molecular complexity index is 793. The fourth-order valence-corrected chi connectivity index (χ4v) is 2.77. The molecular weight excluding hydrogens is 345 g/mol. The van der Waals surface area contributed by atoms with Crippen LogP contribution in [0.15, 0.2) is 42.5 Å². The highest BCUT2D eigenvalue weighted by Crippen LogP contribution is 2.32. The van der Waals surface area contributed by atoms with Crippen molar-refractivity contribution in [1.29, 1.82) is 0 Å². The van der Waals surface area contributed by atoms with Gasteiger partial charge in [0.05, 0.1) is 12.2 Å². The van der Waals surface area contributed by atoms with E-state index in [0.717, 1.165) is 16.8 Å². The summed E-state index contributed by atoms with van der Waals surface area (Å²) in [4.78, 5) is 24.3. The van der Waals surface area contributed by atoms with Crippen LogP contribution in [-0.4, -0.2) is 18.5 Å². The fourth-order valence-electron chi connectivity index (χ4n) is 2.77. The fraction of sp³-hybridized carbons (Fsp3) is 0.333. The molecule has 3 amide bonds. The minimum atomic E-state index is -0.525. The van der Waals surface area contributed by atoms with Gasteiger partial charge in [0.25, 0.3) is 0 Å². The lowest BCUT2D eigenvalue weighted by atomic mass is 9.93. The average Bonchev–Trinajstić information content (AvgIpc) is 2.61. The zero-order valence-corrected chi connectivity index (χ0v) is 16.1. The van der Waals surface area contributed by atoms with Crippen LogP contribution in [0.2, 0.25) is 0 Å². The first-order valence-electron chi connectivity index (χ1n) is 9.01. The molecule has 0 aliphatic heterocycles. The third kappa shape index (κ3) is 5.54. The van der Waals surface area contributed by atoms with E-state index in [-0.39, 0.29) is 24.1 Å². The molecule has 0 aliphatic carbocycles. The number of nitrogens with one attached hydrogen (secondary N) is 3. The van der Waals surface area contributed by atoms with Crippen molar-refractivity contribution in [2.24, 2.45) is 0 Å². The molecule has 5 nitrogen and oxygen atoms in total. The SMILES string of the molecule is CC(C)c1cccc(C(C)C)c1NC(=O)NCC(=O)Nc1ccccc1F. The molecular formula is C21H26FN3O2. The van der Waals surface area contributed by atoms with Crippen LogP contribution in [0.5, 0.6) is 0 Å². The minimum absolute atomic E-state index is 0.0805. The van der Waals surface area contributed by atoms with E-state index in [1.165, 1.54) is 18.2 Å². The number of halogens is 1. The summed E-state index contributed by atoms with van der Waals surface area (Å²) in [5, 5.41) is 7.82. The second-order valence-electron chi connectivity index (χ2n) is 6.96. The lowest BCUT2D eigenvalue weighted by Gasteiger charge is -2.20. The standard InChI is InChI=1S/C21H26FN3O2/c1-13(2)15-8-7-9-16(14(3)4)20(15)25-21(27)23-12-19(26)24-18-11-6-5-10-17(18)22/h5-11,13-14H,12H2,1-4H3,(H,24,26)(H2,23,25,27). The van der Waals surface area contributed by atoms with Gasteiger partial charge in [-0.25, -0.2) is 9.18 Å². The zero-order chi connectivity index (χ0) is 20.0. The van der Waals surface area contributed by atoms with Gasteiger partial charge in [0.2, 0.25) is 5.91 Å². The predicted octanol–water partition coefficient (Wildman–Crippen LogP) is 4.83. The Morgan fingerprint density at radius 1 is 0.889 bits per heavy atom. The van der Waals surface area contributed by atoms with Crippen LogP contribution in [0.1, 0.15) is 50.7 Å². The van der Waals surface area contributed by atoms with Gasteiger partial charge in [-0.3, -0.25) is 4.79 Å². The summed E-state index contributed by atoms with van der Waals surface area (Å²) in [5.41, 5.74) is 2.92. The van der Waals surface area contributed by atoms with Crippen LogP contribution in [0.3, 0.4) is 0 Å². The number of para-hydroxylation sites is 2. The van der Waals surface area contributed by atoms with Crippen LogP contribution >= 0.6 is 0 Å². The molecule has 144 valence electrons. The topological polar surface area (TPSA) is 70.2 Å². The highest BCUT2D eigenvalue weighted by molar-refractivity contribution is 5.97. The molecule has 6 heteroatoms. The minimum Gasteiger partial charge on any atom is -0.329 e. The lowest BCUT2D eigenvalue weighted by Crippen LogP contribution is -2.36. The van der Waals surface area contributed by atoms with E-state index < -0.39 is 17.8 Å². The van der Waals surface area contributed by atoms with Gasteiger partial charge >= 0.3 is 6.03 Å². The van der Waals surface area contributed by atoms with E-state index in [9.17, 15) is 14.0 Å². The second-order valence-corrected chi connectivity index (χ2v) is 6.96. The van der Waals surface area contributed by atoms with Crippen LogP contribution < -0.4 is 16.0 Å².